The zero-order valence-electron chi connectivity index (χ0n) is 16.6. The highest BCUT2D eigenvalue weighted by molar-refractivity contribution is 5.85. The number of imidazole rings is 2. The third-order valence-corrected chi connectivity index (χ3v) is 5.59. The fraction of sp³-hybridized carbons (Fsp3) is 0.381. The molecule has 144 valence electrons. The van der Waals surface area contributed by atoms with E-state index in [-0.39, 0.29) is 0 Å². The third kappa shape index (κ3) is 2.92. The maximum atomic E-state index is 4.78. The molecule has 1 aliphatic heterocycles. The molecule has 1 N–H and O–H groups in total. The molecule has 5 rings (SSSR count). The average molecular weight is 375 g/mol. The summed E-state index contributed by atoms with van der Waals surface area (Å²) in [5, 5.41) is 0. The number of fused-ring (bicyclic) bond motifs is 2. The van der Waals surface area contributed by atoms with Crippen LogP contribution in [0.2, 0.25) is 0 Å². The van der Waals surface area contributed by atoms with Gasteiger partial charge in [-0.05, 0) is 31.2 Å². The van der Waals surface area contributed by atoms with Crippen molar-refractivity contribution < 1.29 is 0 Å². The monoisotopic (exact) mass is 375 g/mol. The summed E-state index contributed by atoms with van der Waals surface area (Å²) in [5.41, 5.74) is 6.09. The molecule has 1 saturated heterocycles. The van der Waals surface area contributed by atoms with Crippen LogP contribution in [0.1, 0.15) is 25.5 Å². The van der Waals surface area contributed by atoms with Crippen molar-refractivity contribution in [2.24, 2.45) is 0 Å². The Morgan fingerprint density at radius 3 is 2.68 bits per heavy atom. The third-order valence-electron chi connectivity index (χ3n) is 5.59. The molecule has 0 bridgehead atoms. The van der Waals surface area contributed by atoms with E-state index in [1.54, 1.807) is 0 Å². The quantitative estimate of drug-likeness (QED) is 0.596. The number of hydrogen-bond donors (Lipinski definition) is 1. The first-order valence-corrected chi connectivity index (χ1v) is 9.85. The Hall–Kier alpha value is -2.93. The summed E-state index contributed by atoms with van der Waals surface area (Å²) in [6.45, 7) is 8.58. The number of anilines is 1. The van der Waals surface area contributed by atoms with Gasteiger partial charge in [-0.1, -0.05) is 13.8 Å². The standard InChI is InChI=1S/C21H25N7/c1-14(2)18-12-28-13-23-20(19(28)11-22-18)21-24-16-5-4-15(10-17(16)25-21)27-8-6-26(3)7-9-27/h4-5,10-14H,6-9H2,1-3H3,(H,24,25). The van der Waals surface area contributed by atoms with Gasteiger partial charge in [-0.15, -0.1) is 0 Å². The van der Waals surface area contributed by atoms with E-state index in [1.165, 1.54) is 5.69 Å². The van der Waals surface area contributed by atoms with E-state index in [0.29, 0.717) is 5.92 Å². The maximum absolute atomic E-state index is 4.78. The van der Waals surface area contributed by atoms with Gasteiger partial charge in [0.05, 0.1) is 28.4 Å². The maximum Gasteiger partial charge on any atom is 0.159 e. The Morgan fingerprint density at radius 2 is 1.89 bits per heavy atom. The van der Waals surface area contributed by atoms with Crippen LogP contribution in [0.15, 0.2) is 36.9 Å². The largest absolute Gasteiger partial charge is 0.369 e. The number of H-pyrrole nitrogens is 1. The van der Waals surface area contributed by atoms with Gasteiger partial charge >= 0.3 is 0 Å². The van der Waals surface area contributed by atoms with Gasteiger partial charge < -0.3 is 19.2 Å². The second-order valence-corrected chi connectivity index (χ2v) is 7.93. The van der Waals surface area contributed by atoms with Gasteiger partial charge in [-0.2, -0.15) is 0 Å². The smallest absolute Gasteiger partial charge is 0.159 e. The first-order valence-electron chi connectivity index (χ1n) is 9.85. The Balaban J connectivity index is 1.50. The molecule has 0 spiro atoms. The highest BCUT2D eigenvalue weighted by atomic mass is 15.2. The summed E-state index contributed by atoms with van der Waals surface area (Å²) < 4.78 is 2.03. The van der Waals surface area contributed by atoms with Crippen LogP contribution in [0.5, 0.6) is 0 Å². The van der Waals surface area contributed by atoms with Gasteiger partial charge in [0.1, 0.15) is 12.0 Å². The first-order chi connectivity index (χ1) is 13.6. The number of likely N-dealkylation sites (N-methyl/N-ethyl adjacent to an activating group) is 1. The van der Waals surface area contributed by atoms with Crippen molar-refractivity contribution in [3.8, 4) is 11.5 Å². The summed E-state index contributed by atoms with van der Waals surface area (Å²) in [5.74, 6) is 1.17. The molecule has 0 aliphatic carbocycles. The van der Waals surface area contributed by atoms with Crippen molar-refractivity contribution in [2.45, 2.75) is 19.8 Å². The van der Waals surface area contributed by atoms with Crippen LogP contribution in [0.4, 0.5) is 5.69 Å². The predicted molar refractivity (Wildman–Crippen MR) is 112 cm³/mol. The molecular weight excluding hydrogens is 350 g/mol. The molecule has 4 aromatic rings. The Kier molecular flexibility index (Phi) is 4.05. The number of aromatic nitrogens is 5. The normalized spacial score (nSPS) is 15.9. The number of rotatable bonds is 3. The average Bonchev–Trinajstić information content (AvgIpc) is 3.31. The van der Waals surface area contributed by atoms with Crippen LogP contribution in [0, 0.1) is 0 Å². The number of piperazine rings is 1. The number of nitrogens with zero attached hydrogens (tertiary/aromatic N) is 6. The van der Waals surface area contributed by atoms with E-state index in [0.717, 1.165) is 59.9 Å². The van der Waals surface area contributed by atoms with Crippen LogP contribution in [0.3, 0.4) is 0 Å². The van der Waals surface area contributed by atoms with E-state index in [2.05, 4.69) is 63.8 Å². The van der Waals surface area contributed by atoms with Crippen molar-refractivity contribution in [2.75, 3.05) is 38.1 Å². The number of nitrogens with one attached hydrogen (secondary N) is 1. The predicted octanol–water partition coefficient (Wildman–Crippen LogP) is 3.15. The molecule has 0 saturated carbocycles. The fourth-order valence-corrected chi connectivity index (χ4v) is 3.76. The minimum atomic E-state index is 0.384. The first kappa shape index (κ1) is 17.2. The molecule has 1 aromatic carbocycles. The van der Waals surface area contributed by atoms with Crippen LogP contribution in [0.25, 0.3) is 28.1 Å². The minimum Gasteiger partial charge on any atom is -0.369 e. The van der Waals surface area contributed by atoms with Gasteiger partial charge in [0, 0.05) is 38.1 Å². The van der Waals surface area contributed by atoms with E-state index in [9.17, 15) is 0 Å². The lowest BCUT2D eigenvalue weighted by molar-refractivity contribution is 0.313. The number of benzene rings is 1. The van der Waals surface area contributed by atoms with E-state index in [1.807, 2.05) is 23.1 Å². The van der Waals surface area contributed by atoms with Crippen LogP contribution in [-0.2, 0) is 0 Å². The summed E-state index contributed by atoms with van der Waals surface area (Å²) in [6, 6.07) is 6.46. The molecule has 28 heavy (non-hydrogen) atoms. The zero-order valence-corrected chi connectivity index (χ0v) is 16.6. The molecule has 0 amide bonds. The molecule has 1 aliphatic rings. The van der Waals surface area contributed by atoms with E-state index >= 15 is 0 Å². The topological polar surface area (TPSA) is 65.3 Å². The molecule has 3 aromatic heterocycles. The summed E-state index contributed by atoms with van der Waals surface area (Å²) in [4.78, 5) is 22.2. The molecule has 7 heteroatoms. The van der Waals surface area contributed by atoms with Crippen LogP contribution < -0.4 is 4.90 Å². The van der Waals surface area contributed by atoms with Gasteiger partial charge in [0.15, 0.2) is 5.82 Å². The summed E-state index contributed by atoms with van der Waals surface area (Å²) >= 11 is 0. The van der Waals surface area contributed by atoms with Gasteiger partial charge in [-0.3, -0.25) is 4.98 Å². The fourth-order valence-electron chi connectivity index (χ4n) is 3.76. The second-order valence-electron chi connectivity index (χ2n) is 7.93. The highest BCUT2D eigenvalue weighted by Gasteiger charge is 2.17. The van der Waals surface area contributed by atoms with Gasteiger partial charge in [-0.25, -0.2) is 9.97 Å². The SMILES string of the molecule is CC(C)c1cn2cnc(-c3nc4ccc(N5CCN(C)CC5)cc4[nH]3)c2cn1. The molecule has 7 nitrogen and oxygen atoms in total. The lowest BCUT2D eigenvalue weighted by atomic mass is 10.1. The van der Waals surface area contributed by atoms with Crippen LogP contribution in [-0.4, -0.2) is 62.5 Å². The highest BCUT2D eigenvalue weighted by Crippen LogP contribution is 2.27. The van der Waals surface area contributed by atoms with Gasteiger partial charge in [0.2, 0.25) is 0 Å². The van der Waals surface area contributed by atoms with E-state index < -0.39 is 0 Å². The Morgan fingerprint density at radius 1 is 1.07 bits per heavy atom. The molecular formula is C21H25N7. The van der Waals surface area contributed by atoms with Gasteiger partial charge in [0.25, 0.3) is 0 Å². The van der Waals surface area contributed by atoms with Crippen molar-refractivity contribution >= 4 is 22.2 Å². The molecule has 0 unspecified atom stereocenters. The Labute approximate surface area is 164 Å². The minimum absolute atomic E-state index is 0.384. The lowest BCUT2D eigenvalue weighted by Crippen LogP contribution is -2.44. The molecule has 0 atom stereocenters. The van der Waals surface area contributed by atoms with Crippen molar-refractivity contribution in [3.05, 3.63) is 42.6 Å². The molecule has 1 fully saturated rings. The van der Waals surface area contributed by atoms with Crippen molar-refractivity contribution in [1.29, 1.82) is 0 Å². The van der Waals surface area contributed by atoms with Crippen LogP contribution >= 0.6 is 0 Å². The molecule has 4 heterocycles. The van der Waals surface area contributed by atoms with E-state index in [4.69, 9.17) is 4.98 Å². The summed E-state index contributed by atoms with van der Waals surface area (Å²) in [7, 11) is 2.18. The lowest BCUT2D eigenvalue weighted by Gasteiger charge is -2.34. The Bertz CT molecular complexity index is 1130. The zero-order chi connectivity index (χ0) is 19.3. The summed E-state index contributed by atoms with van der Waals surface area (Å²) in [6.07, 6.45) is 5.77. The molecule has 0 radical (unpaired) electrons. The van der Waals surface area contributed by atoms with Crippen molar-refractivity contribution in [1.82, 2.24) is 29.2 Å². The number of hydrogen-bond acceptors (Lipinski definition) is 5. The van der Waals surface area contributed by atoms with Crippen molar-refractivity contribution in [3.63, 3.8) is 0 Å². The number of aromatic amines is 1. The second kappa shape index (κ2) is 6.60.